The Labute approximate surface area is 206 Å². The monoisotopic (exact) mass is 487 g/mol. The van der Waals surface area contributed by atoms with Crippen LogP contribution in [0, 0.1) is 5.92 Å². The molecule has 1 N–H and O–H groups in total. The van der Waals surface area contributed by atoms with Crippen LogP contribution in [0.25, 0.3) is 0 Å². The van der Waals surface area contributed by atoms with E-state index >= 15 is 0 Å². The maximum absolute atomic E-state index is 13.7. The van der Waals surface area contributed by atoms with E-state index in [1.807, 2.05) is 29.2 Å². The number of hydrogen-bond donors (Lipinski definition) is 1. The molecule has 1 atom stereocenters. The van der Waals surface area contributed by atoms with Gasteiger partial charge in [-0.3, -0.25) is 4.79 Å². The second-order valence-electron chi connectivity index (χ2n) is 9.65. The Hall–Kier alpha value is -2.05. The van der Waals surface area contributed by atoms with Gasteiger partial charge in [-0.05, 0) is 59.9 Å². The lowest BCUT2D eigenvalue weighted by molar-refractivity contribution is -0.134. The lowest BCUT2D eigenvalue weighted by atomic mass is 9.93. The lowest BCUT2D eigenvalue weighted by Gasteiger charge is -2.38. The van der Waals surface area contributed by atoms with Crippen LogP contribution in [-0.2, 0) is 11.2 Å². The third-order valence-electron chi connectivity index (χ3n) is 6.60. The van der Waals surface area contributed by atoms with Crippen molar-refractivity contribution >= 4 is 34.9 Å². The Bertz CT molecular complexity index is 953. The molecule has 0 radical (unpaired) electrons. The zero-order valence-electron chi connectivity index (χ0n) is 19.6. The number of benzene rings is 1. The minimum absolute atomic E-state index is 0.00811. The fraction of sp³-hybridized carbons (Fsp3) is 0.538. The molecule has 1 aromatic heterocycles. The van der Waals surface area contributed by atoms with Crippen molar-refractivity contribution in [3.63, 3.8) is 0 Å². The van der Waals surface area contributed by atoms with Gasteiger partial charge in [0.2, 0.25) is 5.91 Å². The van der Waals surface area contributed by atoms with Crippen LogP contribution >= 0.6 is 22.9 Å². The first-order chi connectivity index (χ1) is 15.9. The number of halogens is 1. The topological polar surface area (TPSA) is 52.7 Å². The Morgan fingerprint density at radius 2 is 1.88 bits per heavy atom. The lowest BCUT2D eigenvalue weighted by Crippen LogP contribution is -2.51. The van der Waals surface area contributed by atoms with E-state index in [2.05, 4.69) is 30.6 Å². The summed E-state index contributed by atoms with van der Waals surface area (Å²) < 4.78 is 0. The highest BCUT2D eigenvalue weighted by atomic mass is 35.5. The van der Waals surface area contributed by atoms with Crippen molar-refractivity contribution in [1.29, 1.82) is 0 Å². The highest BCUT2D eigenvalue weighted by molar-refractivity contribution is 7.10. The molecule has 1 saturated carbocycles. The molecule has 1 aliphatic heterocycles. The van der Waals surface area contributed by atoms with Gasteiger partial charge in [-0.15, -0.1) is 11.3 Å². The Morgan fingerprint density at radius 1 is 1.15 bits per heavy atom. The molecule has 33 heavy (non-hydrogen) atoms. The molecule has 0 saturated heterocycles. The highest BCUT2D eigenvalue weighted by Crippen LogP contribution is 2.38. The maximum Gasteiger partial charge on any atom is 0.318 e. The minimum Gasteiger partial charge on any atom is -0.335 e. The normalized spacial score (nSPS) is 18.8. The number of hydrogen-bond acceptors (Lipinski definition) is 3. The second-order valence-corrected chi connectivity index (χ2v) is 11.1. The van der Waals surface area contributed by atoms with E-state index < -0.39 is 0 Å². The zero-order chi connectivity index (χ0) is 23.4. The number of fused-ring (bicyclic) bond motifs is 1. The summed E-state index contributed by atoms with van der Waals surface area (Å²) in [7, 11) is 0. The smallest absolute Gasteiger partial charge is 0.318 e. The Balaban J connectivity index is 1.53. The Kier molecular flexibility index (Phi) is 7.97. The van der Waals surface area contributed by atoms with E-state index in [1.165, 1.54) is 16.9 Å². The SMILES string of the molecule is CC(C)CN(CC(=O)N1CCc2sccc2C1c1ccc(Cl)cc1)C(=O)NC1CCCCC1. The quantitative estimate of drug-likeness (QED) is 0.553. The van der Waals surface area contributed by atoms with Gasteiger partial charge in [0.15, 0.2) is 0 Å². The summed E-state index contributed by atoms with van der Waals surface area (Å²) in [6, 6.07) is 9.85. The van der Waals surface area contributed by atoms with Crippen LogP contribution in [-0.4, -0.2) is 47.4 Å². The summed E-state index contributed by atoms with van der Waals surface area (Å²) in [4.78, 5) is 31.8. The van der Waals surface area contributed by atoms with Crippen molar-refractivity contribution in [2.75, 3.05) is 19.6 Å². The van der Waals surface area contributed by atoms with Crippen LogP contribution in [0.1, 0.15) is 68.0 Å². The molecule has 1 aliphatic carbocycles. The standard InChI is InChI=1S/C26H34ClN3O2S/c1-18(2)16-29(26(32)28-21-6-4-3-5-7-21)17-24(31)30-14-12-23-22(13-15-33-23)25(30)19-8-10-20(27)11-9-19/h8-11,13,15,18,21,25H,3-7,12,14,16-17H2,1-2H3,(H,28,32). The van der Waals surface area contributed by atoms with E-state index in [9.17, 15) is 9.59 Å². The third kappa shape index (κ3) is 5.90. The van der Waals surface area contributed by atoms with Crippen molar-refractivity contribution in [2.24, 2.45) is 5.92 Å². The van der Waals surface area contributed by atoms with Crippen molar-refractivity contribution in [1.82, 2.24) is 15.1 Å². The van der Waals surface area contributed by atoms with Crippen molar-refractivity contribution in [3.8, 4) is 0 Å². The summed E-state index contributed by atoms with van der Waals surface area (Å²) >= 11 is 7.88. The van der Waals surface area contributed by atoms with Gasteiger partial charge in [0.05, 0.1) is 6.04 Å². The second kappa shape index (κ2) is 10.9. The van der Waals surface area contributed by atoms with Crippen molar-refractivity contribution in [2.45, 2.75) is 64.5 Å². The molecule has 4 rings (SSSR count). The third-order valence-corrected chi connectivity index (χ3v) is 7.85. The van der Waals surface area contributed by atoms with Crippen LogP contribution in [0.2, 0.25) is 5.02 Å². The number of urea groups is 1. The van der Waals surface area contributed by atoms with Crippen LogP contribution in [0.5, 0.6) is 0 Å². The molecule has 2 aliphatic rings. The molecule has 5 nitrogen and oxygen atoms in total. The first kappa shape index (κ1) is 24.1. The van der Waals surface area contributed by atoms with Gasteiger partial charge in [-0.1, -0.05) is 56.8 Å². The maximum atomic E-state index is 13.7. The van der Waals surface area contributed by atoms with Crippen molar-refractivity contribution in [3.05, 3.63) is 56.7 Å². The molecule has 2 aromatic rings. The minimum atomic E-state index is -0.146. The first-order valence-corrected chi connectivity index (χ1v) is 13.3. The fourth-order valence-electron chi connectivity index (χ4n) is 5.02. The molecular formula is C26H34ClN3O2S. The predicted molar refractivity (Wildman–Crippen MR) is 135 cm³/mol. The van der Waals surface area contributed by atoms with E-state index in [0.717, 1.165) is 37.7 Å². The van der Waals surface area contributed by atoms with Gasteiger partial charge >= 0.3 is 6.03 Å². The molecule has 2 heterocycles. The summed E-state index contributed by atoms with van der Waals surface area (Å²) in [5.41, 5.74) is 2.23. The number of carbonyl (C=O) groups is 2. The number of thiophene rings is 1. The van der Waals surface area contributed by atoms with Gasteiger partial charge in [-0.25, -0.2) is 4.79 Å². The molecule has 1 aromatic carbocycles. The van der Waals surface area contributed by atoms with E-state index in [1.54, 1.807) is 16.2 Å². The summed E-state index contributed by atoms with van der Waals surface area (Å²) in [5.74, 6) is 0.276. The predicted octanol–water partition coefficient (Wildman–Crippen LogP) is 5.88. The number of amides is 3. The highest BCUT2D eigenvalue weighted by Gasteiger charge is 2.34. The molecule has 7 heteroatoms. The van der Waals surface area contributed by atoms with E-state index in [-0.39, 0.29) is 36.5 Å². The number of nitrogens with zero attached hydrogens (tertiary/aromatic N) is 2. The molecule has 1 unspecified atom stereocenters. The molecule has 178 valence electrons. The molecular weight excluding hydrogens is 454 g/mol. The summed E-state index contributed by atoms with van der Waals surface area (Å²) in [6.07, 6.45) is 6.47. The Morgan fingerprint density at radius 3 is 2.58 bits per heavy atom. The van der Waals surface area contributed by atoms with Gasteiger partial charge in [-0.2, -0.15) is 0 Å². The van der Waals surface area contributed by atoms with Gasteiger partial charge < -0.3 is 15.1 Å². The molecule has 0 spiro atoms. The van der Waals surface area contributed by atoms with Crippen molar-refractivity contribution < 1.29 is 9.59 Å². The van der Waals surface area contributed by atoms with Crippen LogP contribution in [0.15, 0.2) is 35.7 Å². The summed E-state index contributed by atoms with van der Waals surface area (Å²) in [6.45, 7) is 5.48. The molecule has 0 bridgehead atoms. The van der Waals surface area contributed by atoms with Gasteiger partial charge in [0, 0.05) is 29.0 Å². The van der Waals surface area contributed by atoms with E-state index in [4.69, 9.17) is 11.6 Å². The number of carbonyl (C=O) groups excluding carboxylic acids is 2. The average Bonchev–Trinajstić information content (AvgIpc) is 3.28. The van der Waals surface area contributed by atoms with Crippen LogP contribution < -0.4 is 5.32 Å². The zero-order valence-corrected chi connectivity index (χ0v) is 21.1. The largest absolute Gasteiger partial charge is 0.335 e. The molecule has 3 amide bonds. The number of rotatable bonds is 6. The fourth-order valence-corrected chi connectivity index (χ4v) is 6.05. The number of nitrogens with one attached hydrogen (secondary N) is 1. The van der Waals surface area contributed by atoms with Crippen LogP contribution in [0.3, 0.4) is 0 Å². The summed E-state index contributed by atoms with van der Waals surface area (Å²) in [5, 5.41) is 5.98. The first-order valence-electron chi connectivity index (χ1n) is 12.1. The van der Waals surface area contributed by atoms with Gasteiger partial charge in [0.25, 0.3) is 0 Å². The van der Waals surface area contributed by atoms with Crippen LogP contribution in [0.4, 0.5) is 4.79 Å². The van der Waals surface area contributed by atoms with Gasteiger partial charge in [0.1, 0.15) is 6.54 Å². The van der Waals surface area contributed by atoms with E-state index in [0.29, 0.717) is 18.1 Å². The average molecular weight is 488 g/mol. The molecule has 1 fully saturated rings.